The Kier molecular flexibility index (Phi) is 2.09. The minimum absolute atomic E-state index is 0.853. The van der Waals surface area contributed by atoms with Crippen molar-refractivity contribution in [2.75, 3.05) is 13.1 Å². The second-order valence-corrected chi connectivity index (χ2v) is 2.69. The molecule has 9 heavy (non-hydrogen) atoms. The molecule has 1 heterocycles. The fourth-order valence-electron chi connectivity index (χ4n) is 1.31. The van der Waals surface area contributed by atoms with Crippen LogP contribution in [0.3, 0.4) is 0 Å². The van der Waals surface area contributed by atoms with Gasteiger partial charge in [-0.3, -0.25) is 5.41 Å². The Morgan fingerprint density at radius 2 is 2.56 bits per heavy atom. The van der Waals surface area contributed by atoms with Gasteiger partial charge in [0.25, 0.3) is 0 Å². The number of rotatable bonds is 2. The summed E-state index contributed by atoms with van der Waals surface area (Å²) < 4.78 is 0. The van der Waals surface area contributed by atoms with Crippen molar-refractivity contribution in [3.8, 4) is 0 Å². The molecular weight excluding hydrogens is 112 g/mol. The number of hydrogen-bond acceptors (Lipinski definition) is 1. The van der Waals surface area contributed by atoms with E-state index in [1.54, 1.807) is 0 Å². The number of nitrogens with one attached hydrogen (secondary N) is 1. The maximum atomic E-state index is 6.97. The first-order valence-corrected chi connectivity index (χ1v) is 3.61. The Bertz CT molecular complexity index is 101. The molecule has 0 aromatic rings. The second-order valence-electron chi connectivity index (χ2n) is 2.69. The predicted octanol–water partition coefficient (Wildman–Crippen LogP) is 1.33. The van der Waals surface area contributed by atoms with Crippen LogP contribution in [0.15, 0.2) is 0 Å². The fourth-order valence-corrected chi connectivity index (χ4v) is 1.31. The molecule has 52 valence electrons. The van der Waals surface area contributed by atoms with Gasteiger partial charge in [-0.25, -0.2) is 0 Å². The molecule has 1 atom stereocenters. The second kappa shape index (κ2) is 2.85. The zero-order chi connectivity index (χ0) is 6.69. The number of likely N-dealkylation sites (tertiary alicyclic amines) is 1. The first kappa shape index (κ1) is 6.59. The van der Waals surface area contributed by atoms with Crippen LogP contribution in [0.1, 0.15) is 19.8 Å². The quantitative estimate of drug-likeness (QED) is 0.438. The first-order valence-electron chi connectivity index (χ1n) is 3.61. The van der Waals surface area contributed by atoms with Crippen LogP contribution in [0.2, 0.25) is 0 Å². The van der Waals surface area contributed by atoms with E-state index in [-0.39, 0.29) is 0 Å². The molecule has 0 aromatic carbocycles. The summed E-state index contributed by atoms with van der Waals surface area (Å²) in [6, 6.07) is 0. The van der Waals surface area contributed by atoms with E-state index in [1.165, 1.54) is 19.2 Å². The van der Waals surface area contributed by atoms with Crippen LogP contribution in [-0.2, 0) is 0 Å². The van der Waals surface area contributed by atoms with Crippen LogP contribution in [0.25, 0.3) is 0 Å². The summed E-state index contributed by atoms with van der Waals surface area (Å²) in [5.41, 5.74) is 0. The van der Waals surface area contributed by atoms with E-state index in [4.69, 9.17) is 5.41 Å². The van der Waals surface area contributed by atoms with Crippen molar-refractivity contribution in [2.24, 2.45) is 5.92 Å². The molecule has 0 radical (unpaired) electrons. The van der Waals surface area contributed by atoms with E-state index in [2.05, 4.69) is 11.8 Å². The zero-order valence-electron chi connectivity index (χ0n) is 5.93. The molecule has 2 nitrogen and oxygen atoms in total. The Labute approximate surface area is 56.4 Å². The minimum Gasteiger partial charge on any atom is -0.363 e. The Balaban J connectivity index is 2.28. The Morgan fingerprint density at radius 1 is 1.78 bits per heavy atom. The van der Waals surface area contributed by atoms with Crippen LogP contribution >= 0.6 is 0 Å². The lowest BCUT2D eigenvalue weighted by Crippen LogP contribution is -2.17. The Morgan fingerprint density at radius 3 is 2.89 bits per heavy atom. The van der Waals surface area contributed by atoms with Gasteiger partial charge in [-0.1, -0.05) is 13.3 Å². The van der Waals surface area contributed by atoms with Crippen LogP contribution in [-0.4, -0.2) is 24.3 Å². The van der Waals surface area contributed by atoms with Gasteiger partial charge in [-0.05, 0) is 12.3 Å². The topological polar surface area (TPSA) is 27.1 Å². The molecule has 0 amide bonds. The van der Waals surface area contributed by atoms with Gasteiger partial charge in [0.05, 0.1) is 6.34 Å². The van der Waals surface area contributed by atoms with Gasteiger partial charge in [-0.15, -0.1) is 0 Å². The third kappa shape index (κ3) is 1.44. The number of hydrogen-bond donors (Lipinski definition) is 1. The minimum atomic E-state index is 0.853. The molecule has 1 fully saturated rings. The summed E-state index contributed by atoms with van der Waals surface area (Å²) in [6.45, 7) is 4.43. The highest BCUT2D eigenvalue weighted by Crippen LogP contribution is 2.16. The van der Waals surface area contributed by atoms with Gasteiger partial charge in [0.2, 0.25) is 0 Å². The van der Waals surface area contributed by atoms with Gasteiger partial charge in [0.1, 0.15) is 0 Å². The molecule has 0 spiro atoms. The van der Waals surface area contributed by atoms with Crippen molar-refractivity contribution in [2.45, 2.75) is 19.8 Å². The Hall–Kier alpha value is -0.530. The summed E-state index contributed by atoms with van der Waals surface area (Å²) >= 11 is 0. The first-order chi connectivity index (χ1) is 4.36. The number of nitrogens with zero attached hydrogens (tertiary/aromatic N) is 1. The molecule has 0 unspecified atom stereocenters. The predicted molar refractivity (Wildman–Crippen MR) is 38.8 cm³/mol. The van der Waals surface area contributed by atoms with Crippen molar-refractivity contribution in [1.29, 1.82) is 5.41 Å². The third-order valence-corrected chi connectivity index (χ3v) is 2.08. The van der Waals surface area contributed by atoms with E-state index >= 15 is 0 Å². The SMILES string of the molecule is CC[C@H]1CCN(C=N)C1. The molecule has 1 rings (SSSR count). The molecule has 0 saturated carbocycles. The van der Waals surface area contributed by atoms with Crippen LogP contribution in [0.5, 0.6) is 0 Å². The van der Waals surface area contributed by atoms with Crippen LogP contribution in [0.4, 0.5) is 0 Å². The van der Waals surface area contributed by atoms with Gasteiger partial charge in [0, 0.05) is 13.1 Å². The molecule has 1 aliphatic rings. The lowest BCUT2D eigenvalue weighted by atomic mass is 10.1. The average Bonchev–Trinajstić information content (AvgIpc) is 2.34. The maximum absolute atomic E-state index is 6.97. The average molecular weight is 126 g/mol. The summed E-state index contributed by atoms with van der Waals surface area (Å²) in [5, 5.41) is 6.97. The normalized spacial score (nSPS) is 26.8. The monoisotopic (exact) mass is 126 g/mol. The van der Waals surface area contributed by atoms with Crippen molar-refractivity contribution in [1.82, 2.24) is 4.90 Å². The molecule has 0 bridgehead atoms. The van der Waals surface area contributed by atoms with Crippen molar-refractivity contribution >= 4 is 6.34 Å². The summed E-state index contributed by atoms with van der Waals surface area (Å²) in [7, 11) is 0. The fraction of sp³-hybridized carbons (Fsp3) is 0.857. The largest absolute Gasteiger partial charge is 0.363 e. The van der Waals surface area contributed by atoms with Gasteiger partial charge in [0.15, 0.2) is 0 Å². The molecule has 1 aliphatic heterocycles. The van der Waals surface area contributed by atoms with Gasteiger partial charge >= 0.3 is 0 Å². The van der Waals surface area contributed by atoms with Crippen molar-refractivity contribution in [3.63, 3.8) is 0 Å². The highest BCUT2D eigenvalue weighted by molar-refractivity contribution is 5.50. The lowest BCUT2D eigenvalue weighted by molar-refractivity contribution is 0.481. The third-order valence-electron chi connectivity index (χ3n) is 2.08. The van der Waals surface area contributed by atoms with Crippen LogP contribution < -0.4 is 0 Å². The summed E-state index contributed by atoms with van der Waals surface area (Å²) in [4.78, 5) is 2.08. The molecular formula is C7H14N2. The highest BCUT2D eigenvalue weighted by atomic mass is 15.1. The van der Waals surface area contributed by atoms with Gasteiger partial charge in [-0.2, -0.15) is 0 Å². The standard InChI is InChI=1S/C7H14N2/c1-2-7-3-4-9(5-7)6-8/h6-8H,2-5H2,1H3/t7-/m0/s1. The smallest absolute Gasteiger partial charge is 0.0817 e. The van der Waals surface area contributed by atoms with E-state index in [9.17, 15) is 0 Å². The maximum Gasteiger partial charge on any atom is 0.0817 e. The molecule has 1 saturated heterocycles. The van der Waals surface area contributed by atoms with E-state index in [1.807, 2.05) is 0 Å². The summed E-state index contributed by atoms with van der Waals surface area (Å²) in [5.74, 6) is 0.853. The molecule has 0 aliphatic carbocycles. The van der Waals surface area contributed by atoms with Crippen molar-refractivity contribution in [3.05, 3.63) is 0 Å². The lowest BCUT2D eigenvalue weighted by Gasteiger charge is -2.08. The summed E-state index contributed by atoms with van der Waals surface area (Å²) in [6.07, 6.45) is 4.01. The molecule has 0 aromatic heterocycles. The highest BCUT2D eigenvalue weighted by Gasteiger charge is 2.17. The van der Waals surface area contributed by atoms with E-state index in [0.717, 1.165) is 19.0 Å². The molecule has 1 N–H and O–H groups in total. The zero-order valence-corrected chi connectivity index (χ0v) is 5.93. The van der Waals surface area contributed by atoms with E-state index in [0.29, 0.717) is 0 Å². The van der Waals surface area contributed by atoms with Crippen LogP contribution in [0, 0.1) is 11.3 Å². The van der Waals surface area contributed by atoms with Crippen molar-refractivity contribution < 1.29 is 0 Å². The van der Waals surface area contributed by atoms with Gasteiger partial charge < -0.3 is 4.90 Å². The van der Waals surface area contributed by atoms with E-state index < -0.39 is 0 Å². The molecule has 2 heteroatoms.